The minimum Gasteiger partial charge on any atom is -0.362 e. The van der Waals surface area contributed by atoms with Gasteiger partial charge in [0.15, 0.2) is 5.82 Å². The van der Waals surface area contributed by atoms with Crippen molar-refractivity contribution >= 4 is 16.7 Å². The molecular weight excluding hydrogens is 346 g/mol. The van der Waals surface area contributed by atoms with Crippen molar-refractivity contribution in [3.05, 3.63) is 72.1 Å². The van der Waals surface area contributed by atoms with Crippen LogP contribution >= 0.6 is 0 Å². The van der Waals surface area contributed by atoms with Crippen LogP contribution in [0.25, 0.3) is 33.4 Å². The van der Waals surface area contributed by atoms with Crippen molar-refractivity contribution < 1.29 is 0 Å². The standard InChI is InChI=1S/C23H19N5/c1-15-10-19(17-7-4-6-16(11-17)13-24)12-20-21(15)26-22(27-23(20)28(2)3)18-8-5-9-25-14-18/h4-12,14H,1-3H3. The van der Waals surface area contributed by atoms with Gasteiger partial charge in [0.05, 0.1) is 17.1 Å². The van der Waals surface area contributed by atoms with Crippen molar-refractivity contribution in [2.75, 3.05) is 19.0 Å². The van der Waals surface area contributed by atoms with E-state index >= 15 is 0 Å². The number of rotatable bonds is 3. The van der Waals surface area contributed by atoms with Crippen molar-refractivity contribution in [3.8, 4) is 28.6 Å². The molecule has 5 nitrogen and oxygen atoms in total. The fourth-order valence-corrected chi connectivity index (χ4v) is 3.29. The Morgan fingerprint density at radius 3 is 2.46 bits per heavy atom. The number of hydrogen-bond donors (Lipinski definition) is 0. The molecule has 136 valence electrons. The van der Waals surface area contributed by atoms with Gasteiger partial charge in [-0.2, -0.15) is 5.26 Å². The van der Waals surface area contributed by atoms with Crippen LogP contribution in [-0.2, 0) is 0 Å². The van der Waals surface area contributed by atoms with E-state index in [-0.39, 0.29) is 0 Å². The van der Waals surface area contributed by atoms with Crippen molar-refractivity contribution in [3.63, 3.8) is 0 Å². The Morgan fingerprint density at radius 2 is 1.75 bits per heavy atom. The van der Waals surface area contributed by atoms with E-state index in [0.29, 0.717) is 11.4 Å². The average molecular weight is 365 g/mol. The molecule has 0 spiro atoms. The van der Waals surface area contributed by atoms with Gasteiger partial charge in [0.2, 0.25) is 0 Å². The third-order valence-corrected chi connectivity index (χ3v) is 4.64. The van der Waals surface area contributed by atoms with E-state index in [1.54, 1.807) is 12.4 Å². The SMILES string of the molecule is Cc1cc(-c2cccc(C#N)c2)cc2c(N(C)C)nc(-c3cccnc3)nc12. The summed E-state index contributed by atoms with van der Waals surface area (Å²) >= 11 is 0. The highest BCUT2D eigenvalue weighted by molar-refractivity contribution is 5.96. The molecule has 0 fully saturated rings. The molecule has 4 aromatic rings. The highest BCUT2D eigenvalue weighted by Gasteiger charge is 2.14. The molecule has 0 aliphatic heterocycles. The number of aryl methyl sites for hydroxylation is 1. The van der Waals surface area contributed by atoms with Crippen LogP contribution < -0.4 is 4.90 Å². The molecule has 0 atom stereocenters. The Hall–Kier alpha value is -3.78. The second-order valence-electron chi connectivity index (χ2n) is 6.89. The Labute approximate surface area is 163 Å². The van der Waals surface area contributed by atoms with E-state index in [0.717, 1.165) is 39.0 Å². The van der Waals surface area contributed by atoms with E-state index in [2.05, 4.69) is 30.1 Å². The molecule has 2 heterocycles. The lowest BCUT2D eigenvalue weighted by molar-refractivity contribution is 1.06. The average Bonchev–Trinajstić information content (AvgIpc) is 2.73. The zero-order valence-electron chi connectivity index (χ0n) is 16.0. The predicted octanol–water partition coefficient (Wildman–Crippen LogP) is 4.60. The molecule has 0 unspecified atom stereocenters. The van der Waals surface area contributed by atoms with Gasteiger partial charge in [0.1, 0.15) is 5.82 Å². The summed E-state index contributed by atoms with van der Waals surface area (Å²) in [4.78, 5) is 15.8. The van der Waals surface area contributed by atoms with Gasteiger partial charge in [0.25, 0.3) is 0 Å². The quantitative estimate of drug-likeness (QED) is 0.531. The van der Waals surface area contributed by atoms with Crippen molar-refractivity contribution in [2.24, 2.45) is 0 Å². The first-order chi connectivity index (χ1) is 13.6. The fourth-order valence-electron chi connectivity index (χ4n) is 3.29. The van der Waals surface area contributed by atoms with Crippen LogP contribution in [0.4, 0.5) is 5.82 Å². The van der Waals surface area contributed by atoms with E-state index in [1.807, 2.05) is 55.4 Å². The van der Waals surface area contributed by atoms with Crippen LogP contribution in [0.5, 0.6) is 0 Å². The zero-order chi connectivity index (χ0) is 19.7. The summed E-state index contributed by atoms with van der Waals surface area (Å²) in [7, 11) is 3.96. The van der Waals surface area contributed by atoms with Crippen LogP contribution in [0.15, 0.2) is 60.9 Å². The summed E-state index contributed by atoms with van der Waals surface area (Å²) in [5.74, 6) is 1.51. The largest absolute Gasteiger partial charge is 0.362 e. The first-order valence-corrected chi connectivity index (χ1v) is 8.97. The van der Waals surface area contributed by atoms with Gasteiger partial charge in [-0.3, -0.25) is 4.98 Å². The molecule has 0 N–H and O–H groups in total. The molecule has 0 radical (unpaired) electrons. The molecule has 0 saturated heterocycles. The van der Waals surface area contributed by atoms with Crippen LogP contribution in [0.2, 0.25) is 0 Å². The zero-order valence-corrected chi connectivity index (χ0v) is 16.0. The topological polar surface area (TPSA) is 65.7 Å². The predicted molar refractivity (Wildman–Crippen MR) is 112 cm³/mol. The van der Waals surface area contributed by atoms with Crippen LogP contribution in [0, 0.1) is 18.3 Å². The van der Waals surface area contributed by atoms with Gasteiger partial charge >= 0.3 is 0 Å². The minimum atomic E-state index is 0.645. The lowest BCUT2D eigenvalue weighted by Crippen LogP contribution is -2.12. The Bertz CT molecular complexity index is 1210. The molecule has 5 heteroatoms. The van der Waals surface area contributed by atoms with Gasteiger partial charge in [0, 0.05) is 37.4 Å². The fraction of sp³-hybridized carbons (Fsp3) is 0.130. The molecule has 0 saturated carbocycles. The van der Waals surface area contributed by atoms with Crippen molar-refractivity contribution in [2.45, 2.75) is 6.92 Å². The maximum absolute atomic E-state index is 9.21. The summed E-state index contributed by atoms with van der Waals surface area (Å²) in [5.41, 5.74) is 5.56. The van der Waals surface area contributed by atoms with Crippen LogP contribution in [-0.4, -0.2) is 29.0 Å². The van der Waals surface area contributed by atoms with Gasteiger partial charge in [-0.15, -0.1) is 0 Å². The van der Waals surface area contributed by atoms with Crippen molar-refractivity contribution in [1.82, 2.24) is 15.0 Å². The maximum atomic E-state index is 9.21. The normalized spacial score (nSPS) is 10.6. The van der Waals surface area contributed by atoms with Gasteiger partial charge in [-0.25, -0.2) is 9.97 Å². The number of aromatic nitrogens is 3. The first kappa shape index (κ1) is 17.6. The summed E-state index contributed by atoms with van der Waals surface area (Å²) in [6.07, 6.45) is 3.52. The number of nitrogens with zero attached hydrogens (tertiary/aromatic N) is 5. The van der Waals surface area contributed by atoms with Gasteiger partial charge < -0.3 is 4.90 Å². The van der Waals surface area contributed by atoms with E-state index < -0.39 is 0 Å². The number of anilines is 1. The summed E-state index contributed by atoms with van der Waals surface area (Å²) in [6, 6.07) is 17.9. The molecule has 4 rings (SSSR count). The highest BCUT2D eigenvalue weighted by Crippen LogP contribution is 2.33. The smallest absolute Gasteiger partial charge is 0.163 e. The molecule has 0 bridgehead atoms. The van der Waals surface area contributed by atoms with E-state index in [4.69, 9.17) is 9.97 Å². The van der Waals surface area contributed by atoms with Crippen LogP contribution in [0.3, 0.4) is 0 Å². The molecule has 0 aliphatic rings. The second kappa shape index (κ2) is 7.09. The summed E-state index contributed by atoms with van der Waals surface area (Å²) in [6.45, 7) is 2.06. The molecule has 28 heavy (non-hydrogen) atoms. The highest BCUT2D eigenvalue weighted by atomic mass is 15.2. The first-order valence-electron chi connectivity index (χ1n) is 8.97. The number of benzene rings is 2. The number of hydrogen-bond acceptors (Lipinski definition) is 5. The molecule has 0 amide bonds. The van der Waals surface area contributed by atoms with E-state index in [1.165, 1.54) is 0 Å². The van der Waals surface area contributed by atoms with Gasteiger partial charge in [-0.1, -0.05) is 12.1 Å². The van der Waals surface area contributed by atoms with Gasteiger partial charge in [-0.05, 0) is 60.0 Å². The third kappa shape index (κ3) is 3.17. The molecule has 2 aromatic heterocycles. The third-order valence-electron chi connectivity index (χ3n) is 4.64. The lowest BCUT2D eigenvalue weighted by Gasteiger charge is -2.17. The van der Waals surface area contributed by atoms with E-state index in [9.17, 15) is 5.26 Å². The summed E-state index contributed by atoms with van der Waals surface area (Å²) < 4.78 is 0. The number of nitriles is 1. The Morgan fingerprint density at radius 1 is 0.929 bits per heavy atom. The van der Waals surface area contributed by atoms with Crippen LogP contribution in [0.1, 0.15) is 11.1 Å². The molecular formula is C23H19N5. The molecule has 2 aromatic carbocycles. The summed E-state index contributed by atoms with van der Waals surface area (Å²) in [5, 5.41) is 10.2. The minimum absolute atomic E-state index is 0.645. The monoisotopic (exact) mass is 365 g/mol. The lowest BCUT2D eigenvalue weighted by atomic mass is 9.98. The number of pyridine rings is 1. The Kier molecular flexibility index (Phi) is 4.46. The molecule has 0 aliphatic carbocycles. The second-order valence-corrected chi connectivity index (χ2v) is 6.89. The maximum Gasteiger partial charge on any atom is 0.163 e. The number of fused-ring (bicyclic) bond motifs is 1. The Balaban J connectivity index is 1.97. The van der Waals surface area contributed by atoms with Crippen molar-refractivity contribution in [1.29, 1.82) is 5.26 Å².